The number of methoxy groups -OCH3 is 3. The molecule has 0 atom stereocenters. The van der Waals surface area contributed by atoms with Crippen molar-refractivity contribution < 1.29 is 27.4 Å². The summed E-state index contributed by atoms with van der Waals surface area (Å²) in [5, 5.41) is 2.69. The molecule has 0 aliphatic heterocycles. The van der Waals surface area contributed by atoms with Crippen molar-refractivity contribution in [2.45, 2.75) is 6.42 Å². The fourth-order valence-electron chi connectivity index (χ4n) is 2.14. The number of anilines is 1. The van der Waals surface area contributed by atoms with Crippen LogP contribution in [0.2, 0.25) is 0 Å². The molecule has 140 valence electrons. The molecule has 0 unspecified atom stereocenters. The maximum Gasteiger partial charge on any atom is 0.225 e. The number of hydrogen-bond acceptors (Lipinski definition) is 6. The monoisotopic (exact) mass is 372 g/mol. The highest BCUT2D eigenvalue weighted by atomic mass is 32.2. The number of nitrogens with zero attached hydrogens (tertiary/aromatic N) is 1. The number of hydrogen-bond donors (Lipinski definition) is 1. The number of rotatable bonds is 10. The van der Waals surface area contributed by atoms with Gasteiger partial charge in [0.05, 0.1) is 27.6 Å². The van der Waals surface area contributed by atoms with E-state index in [-0.39, 0.29) is 25.4 Å². The van der Waals surface area contributed by atoms with Gasteiger partial charge in [-0.15, -0.1) is 6.58 Å². The zero-order valence-corrected chi connectivity index (χ0v) is 15.7. The van der Waals surface area contributed by atoms with Crippen LogP contribution in [0.15, 0.2) is 24.8 Å². The van der Waals surface area contributed by atoms with Gasteiger partial charge in [0.25, 0.3) is 0 Å². The van der Waals surface area contributed by atoms with E-state index in [0.717, 1.165) is 6.26 Å². The highest BCUT2D eigenvalue weighted by molar-refractivity contribution is 7.88. The summed E-state index contributed by atoms with van der Waals surface area (Å²) in [6.07, 6.45) is 2.56. The van der Waals surface area contributed by atoms with Crippen molar-refractivity contribution >= 4 is 21.6 Å². The number of sulfonamides is 1. The maximum atomic E-state index is 12.1. The third-order valence-corrected chi connectivity index (χ3v) is 4.61. The first kappa shape index (κ1) is 20.8. The summed E-state index contributed by atoms with van der Waals surface area (Å²) in [5.74, 6) is 0.882. The van der Waals surface area contributed by atoms with E-state index in [2.05, 4.69) is 11.9 Å². The average molecular weight is 372 g/mol. The van der Waals surface area contributed by atoms with Crippen molar-refractivity contribution in [3.8, 4) is 17.2 Å². The molecule has 0 bridgehead atoms. The molecule has 0 heterocycles. The van der Waals surface area contributed by atoms with Gasteiger partial charge in [-0.1, -0.05) is 6.08 Å². The number of amides is 1. The number of carbonyl (C=O) groups is 1. The van der Waals surface area contributed by atoms with Crippen LogP contribution in [0.5, 0.6) is 17.2 Å². The molecule has 0 aliphatic rings. The molecule has 0 radical (unpaired) electrons. The van der Waals surface area contributed by atoms with Crippen molar-refractivity contribution in [1.82, 2.24) is 4.31 Å². The standard InChI is InChI=1S/C16H24N2O6S/c1-6-8-18(25(5,20)21)9-7-15(19)17-12-10-13(22-2)16(24-4)14(11-12)23-3/h6,10-11H,1,7-9H2,2-5H3,(H,17,19). The van der Waals surface area contributed by atoms with E-state index in [4.69, 9.17) is 14.2 Å². The Bertz CT molecular complexity index is 692. The lowest BCUT2D eigenvalue weighted by molar-refractivity contribution is -0.116. The summed E-state index contributed by atoms with van der Waals surface area (Å²) in [4.78, 5) is 12.1. The second-order valence-corrected chi connectivity index (χ2v) is 7.10. The van der Waals surface area contributed by atoms with Crippen molar-refractivity contribution in [1.29, 1.82) is 0 Å². The predicted octanol–water partition coefficient (Wildman–Crippen LogP) is 1.49. The first-order valence-electron chi connectivity index (χ1n) is 7.42. The van der Waals surface area contributed by atoms with Crippen LogP contribution >= 0.6 is 0 Å². The fourth-order valence-corrected chi connectivity index (χ4v) is 2.94. The summed E-state index contributed by atoms with van der Waals surface area (Å²) >= 11 is 0. The van der Waals surface area contributed by atoms with Crippen LogP contribution in [0.1, 0.15) is 6.42 Å². The van der Waals surface area contributed by atoms with Gasteiger partial charge in [-0.2, -0.15) is 4.31 Å². The average Bonchev–Trinajstić information content (AvgIpc) is 2.56. The van der Waals surface area contributed by atoms with E-state index in [1.165, 1.54) is 31.7 Å². The van der Waals surface area contributed by atoms with Gasteiger partial charge in [0.2, 0.25) is 21.7 Å². The van der Waals surface area contributed by atoms with Gasteiger partial charge < -0.3 is 19.5 Å². The highest BCUT2D eigenvalue weighted by Crippen LogP contribution is 2.39. The Morgan fingerprint density at radius 1 is 1.20 bits per heavy atom. The molecule has 1 aromatic carbocycles. The first-order chi connectivity index (χ1) is 11.8. The summed E-state index contributed by atoms with van der Waals surface area (Å²) in [5.41, 5.74) is 0.453. The predicted molar refractivity (Wildman–Crippen MR) is 96.0 cm³/mol. The fraction of sp³-hybridized carbons (Fsp3) is 0.438. The van der Waals surface area contributed by atoms with Crippen molar-refractivity contribution in [3.05, 3.63) is 24.8 Å². The maximum absolute atomic E-state index is 12.1. The molecule has 1 aromatic rings. The Morgan fingerprint density at radius 3 is 2.16 bits per heavy atom. The van der Waals surface area contributed by atoms with Crippen LogP contribution in [0, 0.1) is 0 Å². The Hall–Kier alpha value is -2.26. The highest BCUT2D eigenvalue weighted by Gasteiger charge is 2.18. The molecule has 0 aliphatic carbocycles. The lowest BCUT2D eigenvalue weighted by Gasteiger charge is -2.18. The molecule has 0 spiro atoms. The minimum atomic E-state index is -3.40. The molecular formula is C16H24N2O6S. The van der Waals surface area contributed by atoms with Gasteiger partial charge >= 0.3 is 0 Å². The first-order valence-corrected chi connectivity index (χ1v) is 9.27. The van der Waals surface area contributed by atoms with E-state index >= 15 is 0 Å². The SMILES string of the molecule is C=CCN(CCC(=O)Nc1cc(OC)c(OC)c(OC)c1)S(C)(=O)=O. The van der Waals surface area contributed by atoms with Crippen LogP contribution in [0.25, 0.3) is 0 Å². The van der Waals surface area contributed by atoms with E-state index < -0.39 is 10.0 Å². The van der Waals surface area contributed by atoms with Gasteiger partial charge in [-0.05, 0) is 0 Å². The van der Waals surface area contributed by atoms with E-state index in [0.29, 0.717) is 22.9 Å². The van der Waals surface area contributed by atoms with Crippen LogP contribution in [-0.2, 0) is 14.8 Å². The lowest BCUT2D eigenvalue weighted by Crippen LogP contribution is -2.33. The number of nitrogens with one attached hydrogen (secondary N) is 1. The zero-order valence-electron chi connectivity index (χ0n) is 14.9. The molecule has 0 saturated heterocycles. The van der Waals surface area contributed by atoms with Crippen molar-refractivity contribution in [2.75, 3.05) is 46.0 Å². The zero-order chi connectivity index (χ0) is 19.0. The molecule has 25 heavy (non-hydrogen) atoms. The molecule has 0 aromatic heterocycles. The molecule has 1 N–H and O–H groups in total. The minimum Gasteiger partial charge on any atom is -0.493 e. The van der Waals surface area contributed by atoms with Crippen LogP contribution < -0.4 is 19.5 Å². The molecular weight excluding hydrogens is 348 g/mol. The van der Waals surface area contributed by atoms with Gasteiger partial charge in [0, 0.05) is 37.3 Å². The Balaban J connectivity index is 2.85. The molecule has 1 amide bonds. The third-order valence-electron chi connectivity index (χ3n) is 3.34. The quantitative estimate of drug-likeness (QED) is 0.626. The summed E-state index contributed by atoms with van der Waals surface area (Å²) in [7, 11) is 1.03. The van der Waals surface area contributed by atoms with E-state index in [1.54, 1.807) is 12.1 Å². The van der Waals surface area contributed by atoms with Crippen LogP contribution in [-0.4, -0.2) is 59.3 Å². The minimum absolute atomic E-state index is 0.00241. The summed E-state index contributed by atoms with van der Waals surface area (Å²) in [6.45, 7) is 3.72. The second-order valence-electron chi connectivity index (χ2n) is 5.12. The lowest BCUT2D eigenvalue weighted by atomic mass is 10.2. The molecule has 0 fully saturated rings. The Morgan fingerprint density at radius 2 is 1.76 bits per heavy atom. The topological polar surface area (TPSA) is 94.2 Å². The Labute approximate surface area is 148 Å². The third kappa shape index (κ3) is 5.95. The molecule has 0 saturated carbocycles. The number of carbonyl (C=O) groups excluding carboxylic acids is 1. The van der Waals surface area contributed by atoms with E-state index in [1.807, 2.05) is 0 Å². The number of benzene rings is 1. The van der Waals surface area contributed by atoms with Gasteiger partial charge in [-0.25, -0.2) is 8.42 Å². The van der Waals surface area contributed by atoms with Gasteiger partial charge in [-0.3, -0.25) is 4.79 Å². The second kappa shape index (κ2) is 9.28. The normalized spacial score (nSPS) is 11.1. The largest absolute Gasteiger partial charge is 0.493 e. The van der Waals surface area contributed by atoms with E-state index in [9.17, 15) is 13.2 Å². The van der Waals surface area contributed by atoms with Crippen LogP contribution in [0.3, 0.4) is 0 Å². The van der Waals surface area contributed by atoms with Gasteiger partial charge in [0.15, 0.2) is 11.5 Å². The van der Waals surface area contributed by atoms with Crippen LogP contribution in [0.4, 0.5) is 5.69 Å². The van der Waals surface area contributed by atoms with Gasteiger partial charge in [0.1, 0.15) is 0 Å². The summed E-state index contributed by atoms with van der Waals surface area (Å²) in [6, 6.07) is 3.19. The molecule has 9 heteroatoms. The Kier molecular flexibility index (Phi) is 7.72. The molecule has 1 rings (SSSR count). The number of ether oxygens (including phenoxy) is 3. The molecule has 8 nitrogen and oxygen atoms in total. The summed E-state index contributed by atoms with van der Waals surface area (Å²) < 4.78 is 40.1. The van der Waals surface area contributed by atoms with Crippen molar-refractivity contribution in [2.24, 2.45) is 0 Å². The van der Waals surface area contributed by atoms with Crippen molar-refractivity contribution in [3.63, 3.8) is 0 Å². The smallest absolute Gasteiger partial charge is 0.225 e.